The second-order valence-electron chi connectivity index (χ2n) is 6.06. The first-order chi connectivity index (χ1) is 13.0. The normalized spacial score (nSPS) is 11.0. The molecule has 0 spiro atoms. The third-order valence-corrected chi connectivity index (χ3v) is 5.58. The van der Waals surface area contributed by atoms with Crippen LogP contribution in [-0.4, -0.2) is 31.9 Å². The standard InChI is InChI=1S/C19H15N5O2S/c1-11-14-4-2-3-5-16(14)27-17(11)15(25)10-24-22-19(21-23-24)13-8-6-12(7-9-13)18(20)26/h2-9H,10H2,1H3,(H2,20,26). The molecule has 0 aliphatic carbocycles. The van der Waals surface area contributed by atoms with Crippen molar-refractivity contribution in [2.24, 2.45) is 5.73 Å². The largest absolute Gasteiger partial charge is 0.366 e. The molecule has 0 fully saturated rings. The van der Waals surface area contributed by atoms with Gasteiger partial charge in [0.15, 0.2) is 5.78 Å². The first-order valence-corrected chi connectivity index (χ1v) is 9.04. The van der Waals surface area contributed by atoms with Gasteiger partial charge in [0, 0.05) is 15.8 Å². The number of nitrogens with zero attached hydrogens (tertiary/aromatic N) is 4. The zero-order chi connectivity index (χ0) is 19.0. The fraction of sp³-hybridized carbons (Fsp3) is 0.105. The Kier molecular flexibility index (Phi) is 4.25. The van der Waals surface area contributed by atoms with Gasteiger partial charge in [-0.2, -0.15) is 4.80 Å². The number of aromatic nitrogens is 4. The first kappa shape index (κ1) is 17.0. The van der Waals surface area contributed by atoms with Gasteiger partial charge in [0.1, 0.15) is 6.54 Å². The van der Waals surface area contributed by atoms with Crippen LogP contribution in [0.2, 0.25) is 0 Å². The number of primary amides is 1. The van der Waals surface area contributed by atoms with Crippen LogP contribution in [0.4, 0.5) is 0 Å². The van der Waals surface area contributed by atoms with E-state index >= 15 is 0 Å². The Labute approximate surface area is 158 Å². The number of fused-ring (bicyclic) bond motifs is 1. The number of hydrogen-bond acceptors (Lipinski definition) is 6. The van der Waals surface area contributed by atoms with E-state index in [4.69, 9.17) is 5.73 Å². The fourth-order valence-corrected chi connectivity index (χ4v) is 3.99. The van der Waals surface area contributed by atoms with E-state index < -0.39 is 5.91 Å². The summed E-state index contributed by atoms with van der Waals surface area (Å²) in [6, 6.07) is 14.5. The third-order valence-electron chi connectivity index (χ3n) is 4.26. The maximum atomic E-state index is 12.7. The fourth-order valence-electron chi connectivity index (χ4n) is 2.85. The van der Waals surface area contributed by atoms with E-state index in [-0.39, 0.29) is 12.3 Å². The van der Waals surface area contributed by atoms with Gasteiger partial charge in [-0.15, -0.1) is 21.5 Å². The predicted molar refractivity (Wildman–Crippen MR) is 103 cm³/mol. The molecule has 7 nitrogen and oxygen atoms in total. The van der Waals surface area contributed by atoms with Crippen LogP contribution in [-0.2, 0) is 6.54 Å². The monoisotopic (exact) mass is 377 g/mol. The number of thiophene rings is 1. The summed E-state index contributed by atoms with van der Waals surface area (Å²) in [6.07, 6.45) is 0. The van der Waals surface area contributed by atoms with Crippen molar-refractivity contribution in [2.75, 3.05) is 0 Å². The Morgan fingerprint density at radius 2 is 1.85 bits per heavy atom. The van der Waals surface area contributed by atoms with Crippen LogP contribution in [0.25, 0.3) is 21.5 Å². The molecule has 8 heteroatoms. The maximum absolute atomic E-state index is 12.7. The average Bonchev–Trinajstić information content (AvgIpc) is 3.27. The smallest absolute Gasteiger partial charge is 0.248 e. The number of carbonyl (C=O) groups is 2. The van der Waals surface area contributed by atoms with Gasteiger partial charge in [-0.3, -0.25) is 9.59 Å². The Balaban J connectivity index is 1.55. The third kappa shape index (κ3) is 3.22. The number of carbonyl (C=O) groups excluding carboxylic acids is 2. The van der Waals surface area contributed by atoms with Crippen LogP contribution >= 0.6 is 11.3 Å². The molecule has 27 heavy (non-hydrogen) atoms. The molecular formula is C19H15N5O2S. The van der Waals surface area contributed by atoms with Gasteiger partial charge >= 0.3 is 0 Å². The Morgan fingerprint density at radius 1 is 1.11 bits per heavy atom. The molecule has 134 valence electrons. The van der Waals surface area contributed by atoms with Crippen LogP contribution in [0.1, 0.15) is 25.6 Å². The van der Waals surface area contributed by atoms with Gasteiger partial charge in [-0.25, -0.2) is 0 Å². The van der Waals surface area contributed by atoms with Crippen LogP contribution in [0, 0.1) is 6.92 Å². The molecule has 1 amide bonds. The molecule has 0 saturated carbocycles. The molecule has 0 bridgehead atoms. The summed E-state index contributed by atoms with van der Waals surface area (Å²) in [5.41, 5.74) is 7.30. The Morgan fingerprint density at radius 3 is 2.56 bits per heavy atom. The van der Waals surface area contributed by atoms with Gasteiger partial charge in [0.05, 0.1) is 4.88 Å². The highest BCUT2D eigenvalue weighted by Gasteiger charge is 2.17. The number of amides is 1. The summed E-state index contributed by atoms with van der Waals surface area (Å²) in [5, 5.41) is 13.3. The molecule has 2 N–H and O–H groups in total. The number of nitrogens with two attached hydrogens (primary N) is 1. The Hall–Kier alpha value is -3.39. The molecule has 2 heterocycles. The van der Waals surface area contributed by atoms with E-state index in [2.05, 4.69) is 15.4 Å². The molecule has 2 aromatic heterocycles. The molecule has 0 unspecified atom stereocenters. The van der Waals surface area contributed by atoms with Crippen molar-refractivity contribution in [2.45, 2.75) is 13.5 Å². The lowest BCUT2D eigenvalue weighted by Crippen LogP contribution is -2.13. The molecule has 0 saturated heterocycles. The van der Waals surface area contributed by atoms with E-state index in [1.165, 1.54) is 16.1 Å². The molecule has 4 rings (SSSR count). The summed E-state index contributed by atoms with van der Waals surface area (Å²) < 4.78 is 1.08. The van der Waals surface area contributed by atoms with Gasteiger partial charge in [-0.1, -0.05) is 30.3 Å². The summed E-state index contributed by atoms with van der Waals surface area (Å²) >= 11 is 1.48. The number of ketones is 1. The lowest BCUT2D eigenvalue weighted by Gasteiger charge is -1.99. The minimum atomic E-state index is -0.498. The highest BCUT2D eigenvalue weighted by atomic mass is 32.1. The minimum Gasteiger partial charge on any atom is -0.366 e. The van der Waals surface area contributed by atoms with Crippen molar-refractivity contribution in [3.8, 4) is 11.4 Å². The van der Waals surface area contributed by atoms with Crippen LogP contribution in [0.15, 0.2) is 48.5 Å². The summed E-state index contributed by atoms with van der Waals surface area (Å²) in [4.78, 5) is 25.8. The SMILES string of the molecule is Cc1c(C(=O)Cn2nnc(-c3ccc(C(N)=O)cc3)n2)sc2ccccc12. The molecule has 0 aliphatic heterocycles. The van der Waals surface area contributed by atoms with Crippen molar-refractivity contribution in [3.63, 3.8) is 0 Å². The number of benzene rings is 2. The topological polar surface area (TPSA) is 104 Å². The average molecular weight is 377 g/mol. The predicted octanol–water partition coefficient (Wildman–Crippen LogP) is 2.85. The van der Waals surface area contributed by atoms with Crippen molar-refractivity contribution < 1.29 is 9.59 Å². The molecule has 4 aromatic rings. The van der Waals surface area contributed by atoms with E-state index in [1.54, 1.807) is 24.3 Å². The molecule has 0 radical (unpaired) electrons. The van der Waals surface area contributed by atoms with Gasteiger partial charge in [-0.05, 0) is 41.3 Å². The summed E-state index contributed by atoms with van der Waals surface area (Å²) in [6.45, 7) is 1.96. The first-order valence-electron chi connectivity index (χ1n) is 8.22. The van der Waals surface area contributed by atoms with Gasteiger partial charge in [0.2, 0.25) is 11.7 Å². The van der Waals surface area contributed by atoms with Crippen molar-refractivity contribution in [3.05, 3.63) is 64.5 Å². The highest BCUT2D eigenvalue weighted by Crippen LogP contribution is 2.31. The van der Waals surface area contributed by atoms with Crippen molar-refractivity contribution in [1.82, 2.24) is 20.2 Å². The van der Waals surface area contributed by atoms with E-state index in [0.717, 1.165) is 15.6 Å². The van der Waals surface area contributed by atoms with Crippen molar-refractivity contribution in [1.29, 1.82) is 0 Å². The number of hydrogen-bond donors (Lipinski definition) is 1. The number of Topliss-reactive ketones (excluding diaryl/α,β-unsaturated/α-hetero) is 1. The quantitative estimate of drug-likeness (QED) is 0.539. The molecule has 2 aromatic carbocycles. The van der Waals surface area contributed by atoms with E-state index in [9.17, 15) is 9.59 Å². The Bertz CT molecular complexity index is 1160. The maximum Gasteiger partial charge on any atom is 0.248 e. The van der Waals surface area contributed by atoms with E-state index in [0.29, 0.717) is 21.8 Å². The number of tetrazole rings is 1. The van der Waals surface area contributed by atoms with Crippen LogP contribution in [0.5, 0.6) is 0 Å². The lowest BCUT2D eigenvalue weighted by molar-refractivity contribution is 0.0963. The lowest BCUT2D eigenvalue weighted by atomic mass is 10.1. The van der Waals surface area contributed by atoms with E-state index in [1.807, 2.05) is 31.2 Å². The summed E-state index contributed by atoms with van der Waals surface area (Å²) in [5.74, 6) is -0.170. The molecule has 0 aliphatic rings. The second-order valence-corrected chi connectivity index (χ2v) is 7.11. The number of rotatable bonds is 5. The highest BCUT2D eigenvalue weighted by molar-refractivity contribution is 7.21. The minimum absolute atomic E-state index is 0.0139. The molecular weight excluding hydrogens is 362 g/mol. The second kappa shape index (κ2) is 6.73. The zero-order valence-electron chi connectivity index (χ0n) is 14.4. The van der Waals surface area contributed by atoms with Crippen molar-refractivity contribution >= 4 is 33.1 Å². The van der Waals surface area contributed by atoms with Crippen LogP contribution in [0.3, 0.4) is 0 Å². The number of aryl methyl sites for hydroxylation is 1. The van der Waals surface area contributed by atoms with Gasteiger partial charge < -0.3 is 5.73 Å². The molecule has 0 atom stereocenters. The zero-order valence-corrected chi connectivity index (χ0v) is 15.2. The summed E-state index contributed by atoms with van der Waals surface area (Å²) in [7, 11) is 0. The van der Waals surface area contributed by atoms with Gasteiger partial charge in [0.25, 0.3) is 0 Å². The van der Waals surface area contributed by atoms with Crippen LogP contribution < -0.4 is 5.73 Å².